The van der Waals surface area contributed by atoms with Crippen LogP contribution in [0.15, 0.2) is 12.4 Å². The molecule has 0 aromatic carbocycles. The van der Waals surface area contributed by atoms with Crippen molar-refractivity contribution < 1.29 is 4.79 Å². The molecule has 1 aromatic heterocycles. The summed E-state index contributed by atoms with van der Waals surface area (Å²) in [5.41, 5.74) is 0. The molecule has 1 aliphatic heterocycles. The number of hydrogen-bond donors (Lipinski definition) is 1. The van der Waals surface area contributed by atoms with Crippen LogP contribution in [0.4, 0.5) is 0 Å². The van der Waals surface area contributed by atoms with Gasteiger partial charge >= 0.3 is 0 Å². The summed E-state index contributed by atoms with van der Waals surface area (Å²) >= 11 is 0. The lowest BCUT2D eigenvalue weighted by Crippen LogP contribution is -2.45. The Bertz CT molecular complexity index is 404. The van der Waals surface area contributed by atoms with Crippen LogP contribution in [0.1, 0.15) is 39.5 Å². The molecule has 1 amide bonds. The highest BCUT2D eigenvalue weighted by Crippen LogP contribution is 2.21. The minimum atomic E-state index is 0.00223. The largest absolute Gasteiger partial charge is 0.354 e. The third-order valence-electron chi connectivity index (χ3n) is 3.91. The molecule has 1 aromatic rings. The fourth-order valence-corrected chi connectivity index (χ4v) is 2.91. The van der Waals surface area contributed by atoms with Gasteiger partial charge in [0.05, 0.1) is 6.20 Å². The van der Waals surface area contributed by atoms with Gasteiger partial charge in [-0.05, 0) is 39.7 Å². The number of nitrogens with one attached hydrogen (secondary N) is 1. The molecule has 0 radical (unpaired) electrons. The quantitative estimate of drug-likeness (QED) is 0.845. The molecule has 1 fully saturated rings. The van der Waals surface area contributed by atoms with Crippen LogP contribution in [0.5, 0.6) is 0 Å². The van der Waals surface area contributed by atoms with E-state index >= 15 is 0 Å². The zero-order chi connectivity index (χ0) is 14.4. The molecule has 1 aliphatic rings. The first-order valence-electron chi connectivity index (χ1n) is 7.53. The molecule has 0 aliphatic carbocycles. The second kappa shape index (κ2) is 7.38. The zero-order valence-corrected chi connectivity index (χ0v) is 12.5. The molecule has 0 unspecified atom stereocenters. The Morgan fingerprint density at radius 1 is 1.45 bits per heavy atom. The standard InChI is InChI=1S/C14H25N5O/c1-12(2)19-9-4-3-5-13(19)6-7-15-14(20)11-18-10-8-16-17-18/h8,10,12-13H,3-7,9,11H2,1-2H3,(H,15,20)/t13-/m1/s1. The topological polar surface area (TPSA) is 63.1 Å². The number of carbonyl (C=O) groups is 1. The van der Waals surface area contributed by atoms with Gasteiger partial charge in [0.15, 0.2) is 0 Å². The highest BCUT2D eigenvalue weighted by molar-refractivity contribution is 5.75. The molecule has 2 rings (SSSR count). The van der Waals surface area contributed by atoms with Crippen LogP contribution in [-0.4, -0.2) is 51.0 Å². The van der Waals surface area contributed by atoms with Gasteiger partial charge < -0.3 is 5.32 Å². The summed E-state index contributed by atoms with van der Waals surface area (Å²) in [6.07, 6.45) is 8.16. The molecule has 0 spiro atoms. The normalized spacial score (nSPS) is 20.2. The van der Waals surface area contributed by atoms with E-state index in [0.29, 0.717) is 12.1 Å². The van der Waals surface area contributed by atoms with Crippen LogP contribution < -0.4 is 5.32 Å². The Morgan fingerprint density at radius 3 is 3.00 bits per heavy atom. The van der Waals surface area contributed by atoms with Gasteiger partial charge in [0.2, 0.25) is 5.91 Å². The van der Waals surface area contributed by atoms with Crippen molar-refractivity contribution in [3.63, 3.8) is 0 Å². The Labute approximate surface area is 120 Å². The third kappa shape index (κ3) is 4.30. The highest BCUT2D eigenvalue weighted by Gasteiger charge is 2.23. The predicted molar refractivity (Wildman–Crippen MR) is 77.1 cm³/mol. The van der Waals surface area contributed by atoms with E-state index in [2.05, 4.69) is 34.4 Å². The summed E-state index contributed by atoms with van der Waals surface area (Å²) in [5, 5.41) is 10.4. The van der Waals surface area contributed by atoms with E-state index in [1.165, 1.54) is 30.5 Å². The lowest BCUT2D eigenvalue weighted by Gasteiger charge is -2.38. The summed E-state index contributed by atoms with van der Waals surface area (Å²) in [5.74, 6) is 0.00223. The van der Waals surface area contributed by atoms with Gasteiger partial charge in [0, 0.05) is 24.8 Å². The maximum absolute atomic E-state index is 11.8. The molecular formula is C14H25N5O. The number of nitrogens with zero attached hydrogens (tertiary/aromatic N) is 4. The molecule has 20 heavy (non-hydrogen) atoms. The molecule has 0 bridgehead atoms. The first kappa shape index (κ1) is 15.0. The number of rotatable bonds is 6. The molecule has 1 saturated heterocycles. The maximum Gasteiger partial charge on any atom is 0.241 e. The molecule has 112 valence electrons. The predicted octanol–water partition coefficient (Wildman–Crippen LogP) is 1.05. The zero-order valence-electron chi connectivity index (χ0n) is 12.5. The first-order valence-corrected chi connectivity index (χ1v) is 7.53. The van der Waals surface area contributed by atoms with Crippen molar-refractivity contribution >= 4 is 5.91 Å². The molecule has 2 heterocycles. The van der Waals surface area contributed by atoms with E-state index in [1.807, 2.05) is 0 Å². The molecule has 1 atom stereocenters. The van der Waals surface area contributed by atoms with Crippen molar-refractivity contribution in [2.75, 3.05) is 13.1 Å². The monoisotopic (exact) mass is 279 g/mol. The van der Waals surface area contributed by atoms with Crippen molar-refractivity contribution in [2.24, 2.45) is 0 Å². The number of carbonyl (C=O) groups excluding carboxylic acids is 1. The molecule has 6 nitrogen and oxygen atoms in total. The van der Waals surface area contributed by atoms with E-state index in [-0.39, 0.29) is 12.5 Å². The Balaban J connectivity index is 1.70. The molecule has 0 saturated carbocycles. The summed E-state index contributed by atoms with van der Waals surface area (Å²) < 4.78 is 1.54. The SMILES string of the molecule is CC(C)N1CCCC[C@@H]1CCNC(=O)Cn1ccnn1. The Morgan fingerprint density at radius 2 is 2.30 bits per heavy atom. The number of aromatic nitrogens is 3. The Kier molecular flexibility index (Phi) is 5.52. The smallest absolute Gasteiger partial charge is 0.241 e. The molecular weight excluding hydrogens is 254 g/mol. The van der Waals surface area contributed by atoms with Gasteiger partial charge in [-0.2, -0.15) is 0 Å². The number of hydrogen-bond acceptors (Lipinski definition) is 4. The van der Waals surface area contributed by atoms with E-state index < -0.39 is 0 Å². The Hall–Kier alpha value is -1.43. The van der Waals surface area contributed by atoms with Crippen LogP contribution in [0.3, 0.4) is 0 Å². The minimum absolute atomic E-state index is 0.00223. The molecule has 1 N–H and O–H groups in total. The van der Waals surface area contributed by atoms with Crippen molar-refractivity contribution in [3.05, 3.63) is 12.4 Å². The lowest BCUT2D eigenvalue weighted by molar-refractivity contribution is -0.121. The van der Waals surface area contributed by atoms with E-state index in [1.54, 1.807) is 12.4 Å². The van der Waals surface area contributed by atoms with Crippen LogP contribution >= 0.6 is 0 Å². The second-order valence-corrected chi connectivity index (χ2v) is 5.72. The minimum Gasteiger partial charge on any atom is -0.354 e. The average Bonchev–Trinajstić information content (AvgIpc) is 2.92. The fourth-order valence-electron chi connectivity index (χ4n) is 2.91. The lowest BCUT2D eigenvalue weighted by atomic mass is 9.98. The van der Waals surface area contributed by atoms with Crippen LogP contribution in [0, 0.1) is 0 Å². The first-order chi connectivity index (χ1) is 9.66. The van der Waals surface area contributed by atoms with Crippen molar-refractivity contribution in [3.8, 4) is 0 Å². The van der Waals surface area contributed by atoms with E-state index in [9.17, 15) is 4.79 Å². The van der Waals surface area contributed by atoms with Crippen molar-refractivity contribution in [1.29, 1.82) is 0 Å². The van der Waals surface area contributed by atoms with Crippen molar-refractivity contribution in [2.45, 2.75) is 58.2 Å². The third-order valence-corrected chi connectivity index (χ3v) is 3.91. The van der Waals surface area contributed by atoms with Crippen LogP contribution in [0.25, 0.3) is 0 Å². The van der Waals surface area contributed by atoms with E-state index in [4.69, 9.17) is 0 Å². The number of amides is 1. The van der Waals surface area contributed by atoms with Gasteiger partial charge in [-0.1, -0.05) is 11.6 Å². The number of likely N-dealkylation sites (tertiary alicyclic amines) is 1. The summed E-state index contributed by atoms with van der Waals surface area (Å²) in [7, 11) is 0. The van der Waals surface area contributed by atoms with Gasteiger partial charge in [-0.3, -0.25) is 9.69 Å². The van der Waals surface area contributed by atoms with E-state index in [0.717, 1.165) is 13.0 Å². The second-order valence-electron chi connectivity index (χ2n) is 5.72. The van der Waals surface area contributed by atoms with Gasteiger partial charge in [-0.25, -0.2) is 4.68 Å². The van der Waals surface area contributed by atoms with Gasteiger partial charge in [0.25, 0.3) is 0 Å². The number of piperidine rings is 1. The van der Waals surface area contributed by atoms with Crippen LogP contribution in [0.2, 0.25) is 0 Å². The highest BCUT2D eigenvalue weighted by atomic mass is 16.2. The maximum atomic E-state index is 11.8. The van der Waals surface area contributed by atoms with Gasteiger partial charge in [-0.15, -0.1) is 5.10 Å². The summed E-state index contributed by atoms with van der Waals surface area (Å²) in [6.45, 7) is 6.68. The van der Waals surface area contributed by atoms with Crippen LogP contribution in [-0.2, 0) is 11.3 Å². The summed E-state index contributed by atoms with van der Waals surface area (Å²) in [4.78, 5) is 14.3. The molecule has 6 heteroatoms. The van der Waals surface area contributed by atoms with Crippen molar-refractivity contribution in [1.82, 2.24) is 25.2 Å². The fraction of sp³-hybridized carbons (Fsp3) is 0.786. The van der Waals surface area contributed by atoms with Gasteiger partial charge in [0.1, 0.15) is 6.54 Å². The summed E-state index contributed by atoms with van der Waals surface area (Å²) in [6, 6.07) is 1.20. The average molecular weight is 279 g/mol.